The largest absolute Gasteiger partial charge is 1.00 e. The molecule has 0 unspecified atom stereocenters. The average Bonchev–Trinajstić information content (AvgIpc) is 1.98. The summed E-state index contributed by atoms with van der Waals surface area (Å²) in [5.74, 6) is 0. The van der Waals surface area contributed by atoms with Crippen molar-refractivity contribution in [1.82, 2.24) is 0 Å². The van der Waals surface area contributed by atoms with Crippen LogP contribution in [-0.2, 0) is 24.7 Å². The maximum atomic E-state index is 2.24. The Morgan fingerprint density at radius 3 is 1.42 bits per heavy atom. The molecular weight excluding hydrogens is 294 g/mol. The first-order valence-corrected chi connectivity index (χ1v) is 4.44. The van der Waals surface area contributed by atoms with Gasteiger partial charge in [-0.1, -0.05) is 0 Å². The predicted molar refractivity (Wildman–Crippen MR) is 35.7 cm³/mol. The molecule has 1 aliphatic carbocycles. The van der Waals surface area contributed by atoms with Crippen molar-refractivity contribution >= 4 is 0 Å². The summed E-state index contributed by atoms with van der Waals surface area (Å²) in [6.07, 6.45) is 1.23. The Kier molecular flexibility index (Phi) is 12.0. The molecule has 0 aromatic heterocycles. The van der Waals surface area contributed by atoms with Gasteiger partial charge in [0.25, 0.3) is 0 Å². The quantitative estimate of drug-likeness (QED) is 0.418. The monoisotopic (exact) mass is 302 g/mol. The number of rotatable bonds is 0. The van der Waals surface area contributed by atoms with Crippen molar-refractivity contribution in [1.29, 1.82) is 0 Å². The molecule has 0 saturated heterocycles. The molecule has 12 heavy (non-hydrogen) atoms. The molecule has 0 fully saturated rings. The first kappa shape index (κ1) is 18.9. The SMILES string of the molecule is CC1=C(C)[C]([Zr+3])=C(C)C1.[Cl-].[Cl-].[Cl-]. The summed E-state index contributed by atoms with van der Waals surface area (Å²) >= 11 is 1.58. The van der Waals surface area contributed by atoms with Gasteiger partial charge in [-0.25, -0.2) is 0 Å². The van der Waals surface area contributed by atoms with Crippen LogP contribution < -0.4 is 37.2 Å². The first-order chi connectivity index (χ1) is 4.13. The Bertz CT molecular complexity index is 184. The molecule has 0 saturated carbocycles. The molecule has 0 spiro atoms. The van der Waals surface area contributed by atoms with E-state index in [9.17, 15) is 0 Å². The van der Waals surface area contributed by atoms with Crippen LogP contribution in [0, 0.1) is 0 Å². The van der Waals surface area contributed by atoms with E-state index in [2.05, 4.69) is 20.8 Å². The van der Waals surface area contributed by atoms with E-state index in [-0.39, 0.29) is 37.2 Å². The van der Waals surface area contributed by atoms with E-state index >= 15 is 0 Å². The van der Waals surface area contributed by atoms with Gasteiger partial charge in [-0.3, -0.25) is 0 Å². The molecule has 0 nitrogen and oxygen atoms in total. The van der Waals surface area contributed by atoms with E-state index in [0.29, 0.717) is 0 Å². The maximum Gasteiger partial charge on any atom is -1.00 e. The molecule has 1 aliphatic rings. The van der Waals surface area contributed by atoms with Crippen LogP contribution in [0.2, 0.25) is 0 Å². The summed E-state index contributed by atoms with van der Waals surface area (Å²) in [5.41, 5.74) is 4.70. The van der Waals surface area contributed by atoms with Gasteiger partial charge in [0.1, 0.15) is 0 Å². The van der Waals surface area contributed by atoms with Gasteiger partial charge in [-0.2, -0.15) is 0 Å². The molecule has 1 rings (SSSR count). The molecule has 0 amide bonds. The zero-order chi connectivity index (χ0) is 7.02. The van der Waals surface area contributed by atoms with E-state index in [0.717, 1.165) is 0 Å². The number of allylic oxidation sites excluding steroid dienone is 4. The fourth-order valence-electron chi connectivity index (χ4n) is 1.15. The Morgan fingerprint density at radius 1 is 0.917 bits per heavy atom. The molecule has 0 aromatic carbocycles. The topological polar surface area (TPSA) is 0 Å². The summed E-state index contributed by atoms with van der Waals surface area (Å²) in [6, 6.07) is 0. The number of hydrogen-bond donors (Lipinski definition) is 0. The van der Waals surface area contributed by atoms with Gasteiger partial charge in [-0.05, 0) is 0 Å². The van der Waals surface area contributed by atoms with E-state index in [1.54, 1.807) is 44.7 Å². The van der Waals surface area contributed by atoms with Gasteiger partial charge in [0, 0.05) is 0 Å². The van der Waals surface area contributed by atoms with Crippen molar-refractivity contribution in [2.45, 2.75) is 27.2 Å². The zero-order valence-corrected chi connectivity index (χ0v) is 12.1. The average molecular weight is 305 g/mol. The minimum atomic E-state index is 0. The molecule has 0 radical (unpaired) electrons. The van der Waals surface area contributed by atoms with Crippen molar-refractivity contribution in [2.24, 2.45) is 0 Å². The van der Waals surface area contributed by atoms with Crippen molar-refractivity contribution in [2.75, 3.05) is 0 Å². The van der Waals surface area contributed by atoms with Crippen LogP contribution in [0.5, 0.6) is 0 Å². The smallest absolute Gasteiger partial charge is 1.00 e. The van der Waals surface area contributed by atoms with E-state index in [4.69, 9.17) is 0 Å². The molecule has 0 atom stereocenters. The zero-order valence-electron chi connectivity index (χ0n) is 7.34. The summed E-state index contributed by atoms with van der Waals surface area (Å²) in [5, 5.41) is 0. The second-order valence-electron chi connectivity index (χ2n) is 2.74. The molecule has 0 aromatic rings. The van der Waals surface area contributed by atoms with Crippen LogP contribution in [0.4, 0.5) is 0 Å². The van der Waals surface area contributed by atoms with E-state index < -0.39 is 0 Å². The van der Waals surface area contributed by atoms with Gasteiger partial charge < -0.3 is 37.2 Å². The van der Waals surface area contributed by atoms with Crippen LogP contribution in [0.15, 0.2) is 20.0 Å². The fourth-order valence-corrected chi connectivity index (χ4v) is 1.89. The summed E-state index contributed by atoms with van der Waals surface area (Å²) in [4.78, 5) is 0. The Labute approximate surface area is 108 Å². The van der Waals surface area contributed by atoms with Crippen LogP contribution in [0.25, 0.3) is 0 Å². The minimum Gasteiger partial charge on any atom is -1.00 e. The van der Waals surface area contributed by atoms with Crippen molar-refractivity contribution in [3.63, 3.8) is 0 Å². The third-order valence-corrected chi connectivity index (χ3v) is 3.94. The minimum absolute atomic E-state index is 0. The van der Waals surface area contributed by atoms with Gasteiger partial charge in [-0.15, -0.1) is 0 Å². The van der Waals surface area contributed by atoms with Gasteiger partial charge in [0.05, 0.1) is 0 Å². The molecule has 0 aliphatic heterocycles. The molecule has 0 bridgehead atoms. The summed E-state index contributed by atoms with van der Waals surface area (Å²) < 4.78 is 1.60. The molecule has 0 heterocycles. The Balaban J connectivity index is -0.000000270. The van der Waals surface area contributed by atoms with Crippen LogP contribution in [0.3, 0.4) is 0 Å². The van der Waals surface area contributed by atoms with Crippen LogP contribution in [0.1, 0.15) is 27.2 Å². The summed E-state index contributed by atoms with van der Waals surface area (Å²) in [7, 11) is 0. The van der Waals surface area contributed by atoms with Crippen LogP contribution in [-0.4, -0.2) is 0 Å². The van der Waals surface area contributed by atoms with Gasteiger partial charge >= 0.3 is 71.9 Å². The molecular formula is C8H11Cl3Zr. The third-order valence-electron chi connectivity index (χ3n) is 1.97. The number of halogens is 3. The maximum absolute atomic E-state index is 2.24. The second-order valence-corrected chi connectivity index (χ2v) is 3.97. The van der Waals surface area contributed by atoms with E-state index in [1.807, 2.05) is 0 Å². The molecule has 68 valence electrons. The van der Waals surface area contributed by atoms with Crippen molar-refractivity contribution in [3.05, 3.63) is 20.0 Å². The molecule has 4 heteroatoms. The first-order valence-electron chi connectivity index (χ1n) is 3.21. The fraction of sp³-hybridized carbons (Fsp3) is 0.500. The summed E-state index contributed by atoms with van der Waals surface area (Å²) in [6.45, 7) is 6.70. The second kappa shape index (κ2) is 7.62. The van der Waals surface area contributed by atoms with E-state index in [1.165, 1.54) is 6.42 Å². The van der Waals surface area contributed by atoms with Crippen molar-refractivity contribution in [3.8, 4) is 0 Å². The Hall–Kier alpha value is 1.23. The van der Waals surface area contributed by atoms with Gasteiger partial charge in [0.2, 0.25) is 0 Å². The Morgan fingerprint density at radius 2 is 1.33 bits per heavy atom. The normalized spacial score (nSPS) is 15.1. The van der Waals surface area contributed by atoms with Crippen LogP contribution >= 0.6 is 0 Å². The molecule has 0 N–H and O–H groups in total. The van der Waals surface area contributed by atoms with Gasteiger partial charge in [0.15, 0.2) is 0 Å². The third kappa shape index (κ3) is 3.96. The van der Waals surface area contributed by atoms with Crippen molar-refractivity contribution < 1.29 is 61.9 Å². The standard InChI is InChI=1S/C8H11.3ClH.Zr/c1-6-4-7(2)8(3)5-6;;;;/h4H2,1-3H3;3*1H;/q;;;;+3/p-3. The predicted octanol–water partition coefficient (Wildman–Crippen LogP) is -6.44. The number of hydrogen-bond acceptors (Lipinski definition) is 0.